The molecule has 66 valence electrons. The first-order valence-corrected chi connectivity index (χ1v) is 4.97. The van der Waals surface area contributed by atoms with E-state index in [1.807, 2.05) is 13.0 Å². The SMILES string of the molecule is Cc1ccc(Br)c(OS(=O)O)c1. The summed E-state index contributed by atoms with van der Waals surface area (Å²) in [5, 5.41) is 0. The molecule has 0 spiro atoms. The molecule has 0 heterocycles. The van der Waals surface area contributed by atoms with Crippen LogP contribution < -0.4 is 4.18 Å². The van der Waals surface area contributed by atoms with Gasteiger partial charge in [-0.2, -0.15) is 4.21 Å². The van der Waals surface area contributed by atoms with Crippen LogP contribution in [0, 0.1) is 6.92 Å². The van der Waals surface area contributed by atoms with Crippen LogP contribution in [0.3, 0.4) is 0 Å². The molecular formula is C7H7BrO3S. The minimum absolute atomic E-state index is 0.371. The van der Waals surface area contributed by atoms with Crippen molar-refractivity contribution in [2.45, 2.75) is 6.92 Å². The first-order valence-electron chi connectivity index (χ1n) is 3.15. The maximum atomic E-state index is 10.3. The predicted octanol–water partition coefficient (Wildman–Crippen LogP) is 2.27. The number of aryl methyl sites for hydroxylation is 1. The number of benzene rings is 1. The third kappa shape index (κ3) is 2.58. The van der Waals surface area contributed by atoms with E-state index in [9.17, 15) is 4.21 Å². The molecular weight excluding hydrogens is 244 g/mol. The zero-order valence-corrected chi connectivity index (χ0v) is 8.68. The second kappa shape index (κ2) is 4.02. The molecule has 0 saturated carbocycles. The Morgan fingerprint density at radius 2 is 2.25 bits per heavy atom. The van der Waals surface area contributed by atoms with Gasteiger partial charge in [-0.1, -0.05) is 6.07 Å². The van der Waals surface area contributed by atoms with Crippen molar-refractivity contribution < 1.29 is 12.9 Å². The third-order valence-corrected chi connectivity index (χ3v) is 2.23. The van der Waals surface area contributed by atoms with Crippen molar-refractivity contribution in [2.24, 2.45) is 0 Å². The van der Waals surface area contributed by atoms with Crippen molar-refractivity contribution in [3.8, 4) is 5.75 Å². The van der Waals surface area contributed by atoms with E-state index in [1.165, 1.54) is 0 Å². The molecule has 3 nitrogen and oxygen atoms in total. The molecule has 1 unspecified atom stereocenters. The molecule has 0 aliphatic heterocycles. The fraction of sp³-hybridized carbons (Fsp3) is 0.143. The Hall–Kier alpha value is -0.390. The lowest BCUT2D eigenvalue weighted by Gasteiger charge is -2.02. The van der Waals surface area contributed by atoms with Crippen molar-refractivity contribution in [1.29, 1.82) is 0 Å². The van der Waals surface area contributed by atoms with Gasteiger partial charge in [-0.3, -0.25) is 4.55 Å². The molecule has 5 heteroatoms. The van der Waals surface area contributed by atoms with Crippen molar-refractivity contribution in [3.05, 3.63) is 28.2 Å². The molecule has 0 radical (unpaired) electrons. The average molecular weight is 251 g/mol. The third-order valence-electron chi connectivity index (χ3n) is 1.25. The largest absolute Gasteiger partial charge is 0.379 e. The second-order valence-electron chi connectivity index (χ2n) is 2.23. The van der Waals surface area contributed by atoms with Gasteiger partial charge in [0.1, 0.15) is 0 Å². The molecule has 0 bridgehead atoms. The molecule has 0 aliphatic carbocycles. The van der Waals surface area contributed by atoms with E-state index in [4.69, 9.17) is 4.55 Å². The molecule has 1 aromatic rings. The van der Waals surface area contributed by atoms with Crippen LogP contribution in [0.25, 0.3) is 0 Å². The highest BCUT2D eigenvalue weighted by molar-refractivity contribution is 9.10. The van der Waals surface area contributed by atoms with Crippen LogP contribution >= 0.6 is 15.9 Å². The molecule has 0 aromatic heterocycles. The minimum Gasteiger partial charge on any atom is -0.379 e. The normalized spacial score (nSPS) is 12.6. The van der Waals surface area contributed by atoms with E-state index < -0.39 is 11.4 Å². The summed E-state index contributed by atoms with van der Waals surface area (Å²) in [6, 6.07) is 5.31. The van der Waals surface area contributed by atoms with Crippen LogP contribution in [0.1, 0.15) is 5.56 Å². The van der Waals surface area contributed by atoms with Crippen LogP contribution in [0.4, 0.5) is 0 Å². The first kappa shape index (κ1) is 9.70. The number of rotatable bonds is 2. The van der Waals surface area contributed by atoms with Crippen molar-refractivity contribution in [1.82, 2.24) is 0 Å². The van der Waals surface area contributed by atoms with Gasteiger partial charge in [0.15, 0.2) is 5.75 Å². The van der Waals surface area contributed by atoms with E-state index in [0.717, 1.165) is 5.56 Å². The highest BCUT2D eigenvalue weighted by Crippen LogP contribution is 2.26. The molecule has 1 rings (SSSR count). The fourth-order valence-corrected chi connectivity index (χ4v) is 1.48. The lowest BCUT2D eigenvalue weighted by atomic mass is 10.2. The Morgan fingerprint density at radius 1 is 1.58 bits per heavy atom. The summed E-state index contributed by atoms with van der Waals surface area (Å²) >= 11 is 0.923. The molecule has 12 heavy (non-hydrogen) atoms. The van der Waals surface area contributed by atoms with Gasteiger partial charge in [-0.05, 0) is 40.5 Å². The van der Waals surface area contributed by atoms with Gasteiger partial charge >= 0.3 is 11.4 Å². The Morgan fingerprint density at radius 3 is 2.83 bits per heavy atom. The van der Waals surface area contributed by atoms with E-state index in [-0.39, 0.29) is 0 Å². The zero-order chi connectivity index (χ0) is 9.14. The van der Waals surface area contributed by atoms with Gasteiger partial charge in [0.05, 0.1) is 4.47 Å². The fourth-order valence-electron chi connectivity index (χ4n) is 0.751. The number of halogens is 1. The predicted molar refractivity (Wildman–Crippen MR) is 50.3 cm³/mol. The molecule has 1 aromatic carbocycles. The first-order chi connectivity index (χ1) is 5.59. The van der Waals surface area contributed by atoms with Crippen LogP contribution in [-0.2, 0) is 11.4 Å². The summed E-state index contributed by atoms with van der Waals surface area (Å²) < 4.78 is 24.0. The summed E-state index contributed by atoms with van der Waals surface area (Å²) in [7, 11) is 0. The molecule has 0 amide bonds. The molecule has 0 saturated heterocycles. The highest BCUT2D eigenvalue weighted by Gasteiger charge is 2.03. The lowest BCUT2D eigenvalue weighted by Crippen LogP contribution is -1.98. The maximum absolute atomic E-state index is 10.3. The van der Waals surface area contributed by atoms with Gasteiger partial charge < -0.3 is 4.18 Å². The molecule has 1 atom stereocenters. The summed E-state index contributed by atoms with van der Waals surface area (Å²) in [5.41, 5.74) is 0.971. The number of hydrogen-bond donors (Lipinski definition) is 1. The Kier molecular flexibility index (Phi) is 3.25. The van der Waals surface area contributed by atoms with E-state index in [2.05, 4.69) is 20.1 Å². The van der Waals surface area contributed by atoms with Crippen LogP contribution in [0.15, 0.2) is 22.7 Å². The topological polar surface area (TPSA) is 46.5 Å². The van der Waals surface area contributed by atoms with Gasteiger partial charge in [-0.25, -0.2) is 0 Å². The van der Waals surface area contributed by atoms with Crippen LogP contribution in [-0.4, -0.2) is 8.76 Å². The van der Waals surface area contributed by atoms with Gasteiger partial charge in [0.2, 0.25) is 0 Å². The Balaban J connectivity index is 2.97. The maximum Gasteiger partial charge on any atom is 0.357 e. The van der Waals surface area contributed by atoms with E-state index in [1.54, 1.807) is 12.1 Å². The molecule has 0 aliphatic rings. The summed E-state index contributed by atoms with van der Waals surface area (Å²) in [5.74, 6) is 0.371. The lowest BCUT2D eigenvalue weighted by molar-refractivity contribution is 0.456. The Bertz CT molecular complexity index is 314. The monoisotopic (exact) mass is 250 g/mol. The van der Waals surface area contributed by atoms with E-state index >= 15 is 0 Å². The Labute approximate surface area is 81.4 Å². The van der Waals surface area contributed by atoms with Gasteiger partial charge in [0, 0.05) is 0 Å². The smallest absolute Gasteiger partial charge is 0.357 e. The van der Waals surface area contributed by atoms with Crippen molar-refractivity contribution in [2.75, 3.05) is 0 Å². The molecule has 0 fully saturated rings. The van der Waals surface area contributed by atoms with Crippen molar-refractivity contribution >= 4 is 27.3 Å². The van der Waals surface area contributed by atoms with Gasteiger partial charge in [-0.15, -0.1) is 0 Å². The summed E-state index contributed by atoms with van der Waals surface area (Å²) in [4.78, 5) is 0. The van der Waals surface area contributed by atoms with Gasteiger partial charge in [0.25, 0.3) is 0 Å². The average Bonchev–Trinajstić information content (AvgIpc) is 1.96. The zero-order valence-electron chi connectivity index (χ0n) is 6.28. The van der Waals surface area contributed by atoms with Crippen LogP contribution in [0.5, 0.6) is 5.75 Å². The van der Waals surface area contributed by atoms with Crippen LogP contribution in [0.2, 0.25) is 0 Å². The minimum atomic E-state index is -2.27. The van der Waals surface area contributed by atoms with Crippen molar-refractivity contribution in [3.63, 3.8) is 0 Å². The quantitative estimate of drug-likeness (QED) is 0.820. The summed E-state index contributed by atoms with van der Waals surface area (Å²) in [6.45, 7) is 1.87. The standard InChI is InChI=1S/C7H7BrO3S/c1-5-2-3-6(8)7(4-5)11-12(9)10/h2-4H,1H3,(H,9,10). The van der Waals surface area contributed by atoms with E-state index in [0.29, 0.717) is 10.2 Å². The summed E-state index contributed by atoms with van der Waals surface area (Å²) in [6.07, 6.45) is 0. The number of hydrogen-bond acceptors (Lipinski definition) is 2. The second-order valence-corrected chi connectivity index (χ2v) is 3.69. The highest BCUT2D eigenvalue weighted by atomic mass is 79.9. The molecule has 1 N–H and O–H groups in total.